The van der Waals surface area contributed by atoms with E-state index in [0.29, 0.717) is 0 Å². The smallest absolute Gasteiger partial charge is 0.0314 e. The quantitative estimate of drug-likeness (QED) is 0.804. The number of nitrogens with two attached hydrogens (primary N) is 1. The minimum atomic E-state index is 0. The molecule has 3 heteroatoms. The molecule has 0 aromatic heterocycles. The van der Waals surface area contributed by atoms with Crippen LogP contribution in [0.2, 0.25) is 0 Å². The Kier molecular flexibility index (Phi) is 4.53. The van der Waals surface area contributed by atoms with Gasteiger partial charge in [0.05, 0.1) is 0 Å². The van der Waals surface area contributed by atoms with Crippen molar-refractivity contribution in [3.63, 3.8) is 0 Å². The van der Waals surface area contributed by atoms with E-state index >= 15 is 0 Å². The second-order valence-corrected chi connectivity index (χ2v) is 4.13. The van der Waals surface area contributed by atoms with Crippen molar-refractivity contribution in [2.45, 2.75) is 9.79 Å². The van der Waals surface area contributed by atoms with Gasteiger partial charge in [-0.25, -0.2) is 0 Å². The lowest BCUT2D eigenvalue weighted by molar-refractivity contribution is 1.41. The topological polar surface area (TPSA) is 26.0 Å². The molecule has 0 amide bonds. The van der Waals surface area contributed by atoms with Crippen molar-refractivity contribution in [3.8, 4) is 0 Å². The molecule has 0 aliphatic carbocycles. The van der Waals surface area contributed by atoms with Gasteiger partial charge >= 0.3 is 0 Å². The maximum atomic E-state index is 5.61. The molecule has 2 aromatic carbocycles. The zero-order valence-electron chi connectivity index (χ0n) is 8.09. The van der Waals surface area contributed by atoms with Gasteiger partial charge in [0.1, 0.15) is 0 Å². The molecule has 0 unspecified atom stereocenters. The predicted octanol–water partition coefficient (Wildman–Crippen LogP) is 3.84. The molecule has 0 heterocycles. The van der Waals surface area contributed by atoms with Gasteiger partial charge in [-0.2, -0.15) is 0 Å². The van der Waals surface area contributed by atoms with E-state index < -0.39 is 0 Å². The Hall–Kier alpha value is -1.12. The van der Waals surface area contributed by atoms with Crippen molar-refractivity contribution >= 4 is 29.9 Å². The summed E-state index contributed by atoms with van der Waals surface area (Å²) >= 11 is 1.74. The highest BCUT2D eigenvalue weighted by molar-refractivity contribution is 7.99. The molecule has 2 N–H and O–H groups in total. The van der Waals surface area contributed by atoms with E-state index in [1.807, 2.05) is 42.5 Å². The normalized spacial score (nSPS) is 9.33. The maximum Gasteiger partial charge on any atom is 0.0314 e. The number of nitrogen functional groups attached to an aromatic ring is 1. The van der Waals surface area contributed by atoms with Gasteiger partial charge in [-0.15, -0.1) is 12.4 Å². The van der Waals surface area contributed by atoms with Gasteiger partial charge in [0, 0.05) is 15.5 Å². The second-order valence-electron chi connectivity index (χ2n) is 2.98. The fourth-order valence-corrected chi connectivity index (χ4v) is 2.00. The standard InChI is InChI=1S/C12H11NS.ClH/c13-10-6-8-12(9-7-10)14-11-4-2-1-3-5-11;/h1-9H,13H2;1H. The fraction of sp³-hybridized carbons (Fsp3) is 0. The largest absolute Gasteiger partial charge is 0.399 e. The molecule has 0 radical (unpaired) electrons. The molecule has 0 aliphatic heterocycles. The Bertz CT molecular complexity index is 400. The van der Waals surface area contributed by atoms with E-state index in [2.05, 4.69) is 12.1 Å². The molecule has 2 aromatic rings. The van der Waals surface area contributed by atoms with Crippen LogP contribution in [0.15, 0.2) is 64.4 Å². The number of benzene rings is 2. The Labute approximate surface area is 100 Å². The summed E-state index contributed by atoms with van der Waals surface area (Å²) in [5.74, 6) is 0. The lowest BCUT2D eigenvalue weighted by Crippen LogP contribution is -1.82. The zero-order valence-corrected chi connectivity index (χ0v) is 9.72. The van der Waals surface area contributed by atoms with Gasteiger partial charge in [0.15, 0.2) is 0 Å². The minimum Gasteiger partial charge on any atom is -0.399 e. The first-order valence-electron chi connectivity index (χ1n) is 4.43. The van der Waals surface area contributed by atoms with Crippen molar-refractivity contribution in [1.82, 2.24) is 0 Å². The van der Waals surface area contributed by atoms with E-state index in [1.165, 1.54) is 9.79 Å². The molecule has 15 heavy (non-hydrogen) atoms. The molecule has 0 atom stereocenters. The summed E-state index contributed by atoms with van der Waals surface area (Å²) in [7, 11) is 0. The van der Waals surface area contributed by atoms with Gasteiger partial charge in [-0.3, -0.25) is 0 Å². The Morgan fingerprint density at radius 1 is 0.733 bits per heavy atom. The van der Waals surface area contributed by atoms with Crippen LogP contribution in [0.1, 0.15) is 0 Å². The average molecular weight is 238 g/mol. The van der Waals surface area contributed by atoms with Crippen LogP contribution < -0.4 is 5.73 Å². The van der Waals surface area contributed by atoms with Crippen molar-refractivity contribution in [2.75, 3.05) is 5.73 Å². The van der Waals surface area contributed by atoms with Gasteiger partial charge in [-0.1, -0.05) is 30.0 Å². The summed E-state index contributed by atoms with van der Waals surface area (Å²) in [6.45, 7) is 0. The first kappa shape index (κ1) is 12.0. The molecule has 0 saturated heterocycles. The average Bonchev–Trinajstić information content (AvgIpc) is 2.23. The molecule has 0 spiro atoms. The van der Waals surface area contributed by atoms with E-state index in [1.54, 1.807) is 11.8 Å². The minimum absolute atomic E-state index is 0. The van der Waals surface area contributed by atoms with Crippen molar-refractivity contribution in [3.05, 3.63) is 54.6 Å². The van der Waals surface area contributed by atoms with Crippen LogP contribution in [0.25, 0.3) is 0 Å². The SMILES string of the molecule is Cl.Nc1ccc(Sc2ccccc2)cc1. The number of rotatable bonds is 2. The fourth-order valence-electron chi connectivity index (χ4n) is 1.16. The number of halogens is 1. The lowest BCUT2D eigenvalue weighted by atomic mass is 10.3. The summed E-state index contributed by atoms with van der Waals surface area (Å²) in [5.41, 5.74) is 6.42. The molecule has 2 rings (SSSR count). The molecule has 0 bridgehead atoms. The van der Waals surface area contributed by atoms with Crippen LogP contribution in [-0.2, 0) is 0 Å². The monoisotopic (exact) mass is 237 g/mol. The summed E-state index contributed by atoms with van der Waals surface area (Å²) in [6.07, 6.45) is 0. The van der Waals surface area contributed by atoms with Crippen LogP contribution in [0.4, 0.5) is 5.69 Å². The Balaban J connectivity index is 0.00000112. The van der Waals surface area contributed by atoms with Crippen LogP contribution in [0.5, 0.6) is 0 Å². The van der Waals surface area contributed by atoms with Gasteiger partial charge < -0.3 is 5.73 Å². The zero-order chi connectivity index (χ0) is 9.80. The number of hydrogen-bond donors (Lipinski definition) is 1. The van der Waals surface area contributed by atoms with Gasteiger partial charge in [-0.05, 0) is 36.4 Å². The Morgan fingerprint density at radius 3 is 1.87 bits per heavy atom. The molecule has 1 nitrogen and oxygen atoms in total. The summed E-state index contributed by atoms with van der Waals surface area (Å²) < 4.78 is 0. The molecular weight excluding hydrogens is 226 g/mol. The third-order valence-electron chi connectivity index (χ3n) is 1.86. The van der Waals surface area contributed by atoms with Crippen LogP contribution in [0, 0.1) is 0 Å². The van der Waals surface area contributed by atoms with E-state index in [0.717, 1.165) is 5.69 Å². The highest BCUT2D eigenvalue weighted by Crippen LogP contribution is 2.27. The number of hydrogen-bond acceptors (Lipinski definition) is 2. The third-order valence-corrected chi connectivity index (χ3v) is 2.87. The van der Waals surface area contributed by atoms with Crippen molar-refractivity contribution in [2.24, 2.45) is 0 Å². The van der Waals surface area contributed by atoms with E-state index in [4.69, 9.17) is 5.73 Å². The Morgan fingerprint density at radius 2 is 1.27 bits per heavy atom. The van der Waals surface area contributed by atoms with Gasteiger partial charge in [0.2, 0.25) is 0 Å². The molecule has 0 aliphatic rings. The van der Waals surface area contributed by atoms with Crippen molar-refractivity contribution in [1.29, 1.82) is 0 Å². The highest BCUT2D eigenvalue weighted by Gasteiger charge is 1.95. The van der Waals surface area contributed by atoms with Crippen LogP contribution >= 0.6 is 24.2 Å². The maximum absolute atomic E-state index is 5.61. The van der Waals surface area contributed by atoms with Gasteiger partial charge in [0.25, 0.3) is 0 Å². The number of anilines is 1. The van der Waals surface area contributed by atoms with Crippen LogP contribution in [0.3, 0.4) is 0 Å². The second kappa shape index (κ2) is 5.69. The van der Waals surface area contributed by atoms with E-state index in [9.17, 15) is 0 Å². The first-order valence-corrected chi connectivity index (χ1v) is 5.25. The lowest BCUT2D eigenvalue weighted by Gasteiger charge is -2.01. The summed E-state index contributed by atoms with van der Waals surface area (Å²) in [5, 5.41) is 0. The summed E-state index contributed by atoms with van der Waals surface area (Å²) in [6, 6.07) is 18.2. The highest BCUT2D eigenvalue weighted by atomic mass is 35.5. The molecule has 0 fully saturated rings. The predicted molar refractivity (Wildman–Crippen MR) is 68.7 cm³/mol. The third kappa shape index (κ3) is 3.50. The van der Waals surface area contributed by atoms with Crippen LogP contribution in [-0.4, -0.2) is 0 Å². The summed E-state index contributed by atoms with van der Waals surface area (Å²) in [4.78, 5) is 2.46. The van der Waals surface area contributed by atoms with E-state index in [-0.39, 0.29) is 12.4 Å². The molecule has 78 valence electrons. The van der Waals surface area contributed by atoms with Crippen molar-refractivity contribution < 1.29 is 0 Å². The molecular formula is C12H12ClNS. The first-order chi connectivity index (χ1) is 6.84. The molecule has 0 saturated carbocycles.